The second-order valence-electron chi connectivity index (χ2n) is 6.90. The maximum Gasteiger partial charge on any atom is 0.226 e. The van der Waals surface area contributed by atoms with Crippen LogP contribution in [-0.2, 0) is 18.4 Å². The molecule has 0 unspecified atom stereocenters. The summed E-state index contributed by atoms with van der Waals surface area (Å²) in [6.07, 6.45) is 3.41. The van der Waals surface area contributed by atoms with Gasteiger partial charge in [-0.1, -0.05) is 0 Å². The molecule has 5 nitrogen and oxygen atoms in total. The number of hydrogen-bond acceptors (Lipinski definition) is 4. The Balaban J connectivity index is 1.39. The number of rotatable bonds is 5. The summed E-state index contributed by atoms with van der Waals surface area (Å²) < 4.78 is 2.06. The van der Waals surface area contributed by atoms with E-state index in [0.717, 1.165) is 18.1 Å². The predicted octanol–water partition coefficient (Wildman–Crippen LogP) is 2.82. The lowest BCUT2D eigenvalue weighted by Crippen LogP contribution is -2.29. The molecule has 2 atom stereocenters. The zero-order chi connectivity index (χ0) is 16.1. The van der Waals surface area contributed by atoms with E-state index in [1.165, 1.54) is 22.6 Å². The van der Waals surface area contributed by atoms with Gasteiger partial charge in [-0.05, 0) is 38.3 Å². The SMILES string of the molecule is Cc1ccc([C@@H]2C[C@H]2C(=O)N(C)Cc2nnc(C3CC3)n2C)s1. The van der Waals surface area contributed by atoms with Gasteiger partial charge >= 0.3 is 0 Å². The molecule has 2 saturated carbocycles. The molecule has 0 spiro atoms. The first-order valence-corrected chi connectivity index (χ1v) is 9.05. The fraction of sp³-hybridized carbons (Fsp3) is 0.588. The van der Waals surface area contributed by atoms with Crippen molar-refractivity contribution in [2.45, 2.75) is 44.6 Å². The van der Waals surface area contributed by atoms with Gasteiger partial charge in [0.05, 0.1) is 6.54 Å². The third-order valence-corrected chi connectivity index (χ3v) is 6.06. The summed E-state index contributed by atoms with van der Waals surface area (Å²) in [7, 11) is 3.89. The molecule has 2 aliphatic carbocycles. The van der Waals surface area contributed by atoms with Crippen LogP contribution in [0.1, 0.15) is 52.5 Å². The second-order valence-corrected chi connectivity index (χ2v) is 8.22. The van der Waals surface area contributed by atoms with E-state index in [-0.39, 0.29) is 11.8 Å². The summed E-state index contributed by atoms with van der Waals surface area (Å²) >= 11 is 1.81. The van der Waals surface area contributed by atoms with Crippen molar-refractivity contribution in [2.24, 2.45) is 13.0 Å². The number of aromatic nitrogens is 3. The first kappa shape index (κ1) is 14.9. The highest BCUT2D eigenvalue weighted by atomic mass is 32.1. The highest BCUT2D eigenvalue weighted by molar-refractivity contribution is 7.12. The summed E-state index contributed by atoms with van der Waals surface area (Å²) in [6, 6.07) is 4.31. The van der Waals surface area contributed by atoms with Crippen LogP contribution in [0.2, 0.25) is 0 Å². The Kier molecular flexibility index (Phi) is 3.52. The summed E-state index contributed by atoms with van der Waals surface area (Å²) in [5.41, 5.74) is 0. The maximum absolute atomic E-state index is 12.6. The van der Waals surface area contributed by atoms with Crippen molar-refractivity contribution < 1.29 is 4.79 Å². The van der Waals surface area contributed by atoms with Crippen LogP contribution < -0.4 is 0 Å². The average Bonchev–Trinajstić information content (AvgIpc) is 3.44. The molecular weight excluding hydrogens is 308 g/mol. The predicted molar refractivity (Wildman–Crippen MR) is 89.4 cm³/mol. The van der Waals surface area contributed by atoms with Gasteiger partial charge in [0.1, 0.15) is 5.82 Å². The average molecular weight is 330 g/mol. The van der Waals surface area contributed by atoms with Gasteiger partial charge in [0.15, 0.2) is 5.82 Å². The van der Waals surface area contributed by atoms with Crippen LogP contribution >= 0.6 is 11.3 Å². The van der Waals surface area contributed by atoms with Crippen LogP contribution in [0.4, 0.5) is 0 Å². The number of carbonyl (C=O) groups is 1. The van der Waals surface area contributed by atoms with E-state index in [9.17, 15) is 4.79 Å². The van der Waals surface area contributed by atoms with Crippen LogP contribution in [0.15, 0.2) is 12.1 Å². The Morgan fingerprint density at radius 1 is 1.39 bits per heavy atom. The van der Waals surface area contributed by atoms with E-state index < -0.39 is 0 Å². The quantitative estimate of drug-likeness (QED) is 0.847. The lowest BCUT2D eigenvalue weighted by atomic mass is 10.2. The Hall–Kier alpha value is -1.69. The fourth-order valence-corrected chi connectivity index (χ4v) is 4.27. The van der Waals surface area contributed by atoms with Crippen molar-refractivity contribution in [2.75, 3.05) is 7.05 Å². The number of thiophene rings is 1. The van der Waals surface area contributed by atoms with Crippen LogP contribution in [0.5, 0.6) is 0 Å². The molecule has 23 heavy (non-hydrogen) atoms. The van der Waals surface area contributed by atoms with Crippen LogP contribution in [0, 0.1) is 12.8 Å². The van der Waals surface area contributed by atoms with Crippen LogP contribution in [0.3, 0.4) is 0 Å². The first-order valence-electron chi connectivity index (χ1n) is 8.24. The highest BCUT2D eigenvalue weighted by Gasteiger charge is 2.46. The third kappa shape index (κ3) is 2.80. The number of amides is 1. The summed E-state index contributed by atoms with van der Waals surface area (Å²) in [6.45, 7) is 2.66. The summed E-state index contributed by atoms with van der Waals surface area (Å²) in [5.74, 6) is 3.33. The van der Waals surface area contributed by atoms with Crippen LogP contribution in [0.25, 0.3) is 0 Å². The van der Waals surface area contributed by atoms with E-state index >= 15 is 0 Å². The second kappa shape index (κ2) is 5.44. The Morgan fingerprint density at radius 3 is 2.83 bits per heavy atom. The van der Waals surface area contributed by atoms with Crippen molar-refractivity contribution in [3.05, 3.63) is 33.5 Å². The molecule has 0 radical (unpaired) electrons. The maximum atomic E-state index is 12.6. The molecule has 0 aliphatic heterocycles. The minimum absolute atomic E-state index is 0.147. The number of nitrogens with zero attached hydrogens (tertiary/aromatic N) is 4. The molecular formula is C17H22N4OS. The molecule has 0 saturated heterocycles. The molecule has 0 bridgehead atoms. The standard InChI is InChI=1S/C17H22N4OS/c1-10-4-7-14(23-10)12-8-13(12)17(22)20(2)9-15-18-19-16(21(15)3)11-5-6-11/h4,7,11-13H,5-6,8-9H2,1-3H3/t12-,13-/m1/s1. The van der Waals surface area contributed by atoms with Crippen molar-refractivity contribution in [1.82, 2.24) is 19.7 Å². The Morgan fingerprint density at radius 2 is 2.17 bits per heavy atom. The molecule has 122 valence electrons. The first-order chi connectivity index (χ1) is 11.0. The van der Waals surface area contributed by atoms with E-state index in [4.69, 9.17) is 0 Å². The van der Waals surface area contributed by atoms with Gasteiger partial charge in [0, 0.05) is 41.6 Å². The van der Waals surface area contributed by atoms with Crippen molar-refractivity contribution >= 4 is 17.2 Å². The Labute approximate surface area is 140 Å². The highest BCUT2D eigenvalue weighted by Crippen LogP contribution is 2.50. The van der Waals surface area contributed by atoms with Gasteiger partial charge in [-0.25, -0.2) is 0 Å². The zero-order valence-corrected chi connectivity index (χ0v) is 14.6. The molecule has 1 amide bonds. The minimum Gasteiger partial charge on any atom is -0.338 e. The molecule has 6 heteroatoms. The monoisotopic (exact) mass is 330 g/mol. The van der Waals surface area contributed by atoms with Crippen LogP contribution in [-0.4, -0.2) is 32.6 Å². The lowest BCUT2D eigenvalue weighted by molar-refractivity contribution is -0.132. The molecule has 0 N–H and O–H groups in total. The van der Waals surface area contributed by atoms with Gasteiger partial charge in [-0.3, -0.25) is 4.79 Å². The number of hydrogen-bond donors (Lipinski definition) is 0. The van der Waals surface area contributed by atoms with Crippen molar-refractivity contribution in [1.29, 1.82) is 0 Å². The Bertz CT molecular complexity index is 746. The normalized spacial score (nSPS) is 23.1. The molecule has 2 heterocycles. The van der Waals surface area contributed by atoms with Crippen molar-refractivity contribution in [3.63, 3.8) is 0 Å². The lowest BCUT2D eigenvalue weighted by Gasteiger charge is -2.16. The molecule has 2 aromatic heterocycles. The number of aryl methyl sites for hydroxylation is 1. The largest absolute Gasteiger partial charge is 0.338 e. The fourth-order valence-electron chi connectivity index (χ4n) is 3.22. The molecule has 0 aromatic carbocycles. The summed E-state index contributed by atoms with van der Waals surface area (Å²) in [5, 5.41) is 8.57. The third-order valence-electron chi connectivity index (χ3n) is 4.93. The van der Waals surface area contributed by atoms with E-state index in [2.05, 4.69) is 33.8 Å². The molecule has 2 fully saturated rings. The summed E-state index contributed by atoms with van der Waals surface area (Å²) in [4.78, 5) is 17.1. The van der Waals surface area contributed by atoms with Crippen molar-refractivity contribution in [3.8, 4) is 0 Å². The minimum atomic E-state index is 0.147. The smallest absolute Gasteiger partial charge is 0.226 e. The van der Waals surface area contributed by atoms with E-state index in [1.54, 1.807) is 0 Å². The molecule has 4 rings (SSSR count). The topological polar surface area (TPSA) is 51.0 Å². The van der Waals surface area contributed by atoms with Gasteiger partial charge in [-0.15, -0.1) is 21.5 Å². The molecule has 2 aliphatic rings. The van der Waals surface area contributed by atoms with Gasteiger partial charge in [-0.2, -0.15) is 0 Å². The van der Waals surface area contributed by atoms with Gasteiger partial charge < -0.3 is 9.47 Å². The zero-order valence-electron chi connectivity index (χ0n) is 13.8. The van der Waals surface area contributed by atoms with Gasteiger partial charge in [0.2, 0.25) is 5.91 Å². The number of carbonyl (C=O) groups excluding carboxylic acids is 1. The van der Waals surface area contributed by atoms with E-state index in [0.29, 0.717) is 18.4 Å². The molecule has 2 aromatic rings. The van der Waals surface area contributed by atoms with Gasteiger partial charge in [0.25, 0.3) is 0 Å². The van der Waals surface area contributed by atoms with E-state index in [1.807, 2.05) is 30.3 Å².